The first kappa shape index (κ1) is 17.6. The van der Waals surface area contributed by atoms with Crippen LogP contribution in [0.15, 0.2) is 61.1 Å². The van der Waals surface area contributed by atoms with Gasteiger partial charge in [0, 0.05) is 30.2 Å². The van der Waals surface area contributed by atoms with E-state index in [0.29, 0.717) is 0 Å². The maximum Gasteiger partial charge on any atom is 0.417 e. The van der Waals surface area contributed by atoms with Crippen LogP contribution in [0.4, 0.5) is 19.0 Å². The van der Waals surface area contributed by atoms with Crippen molar-refractivity contribution >= 4 is 17.4 Å². The van der Waals surface area contributed by atoms with Crippen molar-refractivity contribution in [3.05, 3.63) is 72.4 Å². The van der Waals surface area contributed by atoms with E-state index in [2.05, 4.69) is 25.4 Å². The molecule has 0 aliphatic carbocycles. The van der Waals surface area contributed by atoms with Gasteiger partial charge in [0.2, 0.25) is 5.82 Å². The maximum absolute atomic E-state index is 13.3. The minimum Gasteiger partial charge on any atom is -0.304 e. The molecule has 0 fully saturated rings. The number of carbonyl (C=O) groups excluding carboxylic acids is 1. The Labute approximate surface area is 155 Å². The van der Waals surface area contributed by atoms with Gasteiger partial charge in [-0.05, 0) is 18.2 Å². The predicted molar refractivity (Wildman–Crippen MR) is 93.4 cm³/mol. The van der Waals surface area contributed by atoms with Crippen LogP contribution < -0.4 is 5.32 Å². The number of hydrogen-bond donors (Lipinski definition) is 1. The Morgan fingerprint density at radius 1 is 0.964 bits per heavy atom. The Morgan fingerprint density at radius 2 is 1.71 bits per heavy atom. The van der Waals surface area contributed by atoms with Crippen LogP contribution in [-0.4, -0.2) is 30.5 Å². The molecule has 0 spiro atoms. The van der Waals surface area contributed by atoms with E-state index in [1.165, 1.54) is 53.4 Å². The number of alkyl halides is 3. The van der Waals surface area contributed by atoms with E-state index < -0.39 is 17.6 Å². The van der Waals surface area contributed by atoms with E-state index >= 15 is 0 Å². The van der Waals surface area contributed by atoms with Crippen LogP contribution in [0.25, 0.3) is 16.9 Å². The molecule has 0 saturated heterocycles. The summed E-state index contributed by atoms with van der Waals surface area (Å²) in [4.78, 5) is 24.1. The van der Waals surface area contributed by atoms with Gasteiger partial charge in [-0.25, -0.2) is 15.0 Å². The largest absolute Gasteiger partial charge is 0.417 e. The van der Waals surface area contributed by atoms with Gasteiger partial charge in [0.1, 0.15) is 5.82 Å². The molecule has 3 heterocycles. The minimum atomic E-state index is -4.53. The van der Waals surface area contributed by atoms with Crippen LogP contribution >= 0.6 is 0 Å². The summed E-state index contributed by atoms with van der Waals surface area (Å²) < 4.78 is 41.2. The van der Waals surface area contributed by atoms with Crippen molar-refractivity contribution in [3.63, 3.8) is 0 Å². The third-order valence-electron chi connectivity index (χ3n) is 3.88. The van der Waals surface area contributed by atoms with Gasteiger partial charge in [0.05, 0.1) is 11.3 Å². The Balaban J connectivity index is 1.76. The Kier molecular flexibility index (Phi) is 4.22. The van der Waals surface area contributed by atoms with Crippen molar-refractivity contribution in [2.45, 2.75) is 6.18 Å². The van der Waals surface area contributed by atoms with E-state index in [1.807, 2.05) is 0 Å². The van der Waals surface area contributed by atoms with Crippen LogP contribution in [0, 0.1) is 0 Å². The van der Waals surface area contributed by atoms with Gasteiger partial charge in [0.15, 0.2) is 5.65 Å². The van der Waals surface area contributed by atoms with Gasteiger partial charge < -0.3 is 5.32 Å². The normalized spacial score (nSPS) is 11.5. The Hall–Kier alpha value is -3.82. The summed E-state index contributed by atoms with van der Waals surface area (Å²) in [5.74, 6) is -0.415. The third-order valence-corrected chi connectivity index (χ3v) is 3.88. The predicted octanol–water partition coefficient (Wildman–Crippen LogP) is 3.46. The van der Waals surface area contributed by atoms with Crippen molar-refractivity contribution in [3.8, 4) is 11.3 Å². The van der Waals surface area contributed by atoms with Gasteiger partial charge in [0.25, 0.3) is 5.91 Å². The molecule has 0 unspecified atom stereocenters. The zero-order chi connectivity index (χ0) is 19.7. The average molecular weight is 384 g/mol. The minimum absolute atomic E-state index is 0.0535. The number of fused-ring (bicyclic) bond motifs is 1. The molecule has 1 amide bonds. The molecule has 7 nitrogen and oxygen atoms in total. The molecule has 140 valence electrons. The summed E-state index contributed by atoms with van der Waals surface area (Å²) in [7, 11) is 0. The third kappa shape index (κ3) is 3.27. The summed E-state index contributed by atoms with van der Waals surface area (Å²) in [5.41, 5.74) is -0.525. The van der Waals surface area contributed by atoms with Crippen molar-refractivity contribution in [2.24, 2.45) is 0 Å². The summed E-state index contributed by atoms with van der Waals surface area (Å²) in [6, 6.07) is 9.59. The number of anilines is 1. The second-order valence-corrected chi connectivity index (χ2v) is 5.70. The lowest BCUT2D eigenvalue weighted by molar-refractivity contribution is -0.137. The molecule has 1 aromatic carbocycles. The van der Waals surface area contributed by atoms with Gasteiger partial charge in [-0.15, -0.1) is 0 Å². The Morgan fingerprint density at radius 3 is 2.46 bits per heavy atom. The molecule has 0 radical (unpaired) electrons. The van der Waals surface area contributed by atoms with E-state index in [9.17, 15) is 18.0 Å². The van der Waals surface area contributed by atoms with Crippen LogP contribution in [0.2, 0.25) is 0 Å². The number of benzene rings is 1. The highest BCUT2D eigenvalue weighted by Gasteiger charge is 2.34. The number of nitrogens with one attached hydrogen (secondary N) is 1. The van der Waals surface area contributed by atoms with Crippen molar-refractivity contribution in [1.29, 1.82) is 0 Å². The molecule has 10 heteroatoms. The van der Waals surface area contributed by atoms with Gasteiger partial charge in [-0.3, -0.25) is 4.79 Å². The molecule has 4 aromatic rings. The first-order valence-corrected chi connectivity index (χ1v) is 8.03. The number of amides is 1. The highest BCUT2D eigenvalue weighted by Crippen LogP contribution is 2.36. The highest BCUT2D eigenvalue weighted by molar-refractivity contribution is 6.01. The van der Waals surface area contributed by atoms with Crippen LogP contribution in [0.1, 0.15) is 16.2 Å². The molecule has 28 heavy (non-hydrogen) atoms. The number of aromatic nitrogens is 5. The molecular weight excluding hydrogens is 373 g/mol. The number of hydrogen-bond acceptors (Lipinski definition) is 5. The zero-order valence-corrected chi connectivity index (χ0v) is 14.1. The quantitative estimate of drug-likeness (QED) is 0.585. The zero-order valence-electron chi connectivity index (χ0n) is 14.1. The number of nitrogens with zero attached hydrogens (tertiary/aromatic N) is 5. The lowest BCUT2D eigenvalue weighted by Crippen LogP contribution is -2.17. The number of rotatable bonds is 3. The van der Waals surface area contributed by atoms with E-state index in [0.717, 1.165) is 6.07 Å². The number of carbonyl (C=O) groups is 1. The summed E-state index contributed by atoms with van der Waals surface area (Å²) >= 11 is 0. The second-order valence-electron chi connectivity index (χ2n) is 5.70. The fraction of sp³-hybridized carbons (Fsp3) is 0.0556. The first-order valence-electron chi connectivity index (χ1n) is 8.03. The molecule has 4 rings (SSSR count). The molecule has 0 atom stereocenters. The average Bonchev–Trinajstić information content (AvgIpc) is 3.13. The van der Waals surface area contributed by atoms with Crippen LogP contribution in [0.5, 0.6) is 0 Å². The SMILES string of the molecule is O=C(Nc1ccnc2cc(-c3ccccc3C(F)(F)F)nn12)c1ncccn1. The van der Waals surface area contributed by atoms with Gasteiger partial charge in [-0.1, -0.05) is 18.2 Å². The van der Waals surface area contributed by atoms with Crippen LogP contribution in [0.3, 0.4) is 0 Å². The van der Waals surface area contributed by atoms with Gasteiger partial charge >= 0.3 is 6.18 Å². The Bertz CT molecular complexity index is 1160. The highest BCUT2D eigenvalue weighted by atomic mass is 19.4. The van der Waals surface area contributed by atoms with E-state index in [4.69, 9.17) is 0 Å². The molecule has 1 N–H and O–H groups in total. The summed E-state index contributed by atoms with van der Waals surface area (Å²) in [6.07, 6.45) is -0.270. The molecule has 0 saturated carbocycles. The van der Waals surface area contributed by atoms with Gasteiger partial charge in [-0.2, -0.15) is 22.8 Å². The topological polar surface area (TPSA) is 85.1 Å². The summed E-state index contributed by atoms with van der Waals surface area (Å²) in [5, 5.41) is 6.79. The van der Waals surface area contributed by atoms with Crippen molar-refractivity contribution in [2.75, 3.05) is 5.32 Å². The van der Waals surface area contributed by atoms with Crippen LogP contribution in [-0.2, 0) is 6.18 Å². The molecule has 0 aliphatic heterocycles. The fourth-order valence-electron chi connectivity index (χ4n) is 2.66. The number of halogens is 3. The lowest BCUT2D eigenvalue weighted by Gasteiger charge is -2.10. The summed E-state index contributed by atoms with van der Waals surface area (Å²) in [6.45, 7) is 0. The maximum atomic E-state index is 13.3. The smallest absolute Gasteiger partial charge is 0.304 e. The first-order chi connectivity index (χ1) is 13.4. The fourth-order valence-corrected chi connectivity index (χ4v) is 2.66. The second kappa shape index (κ2) is 6.72. The standard InChI is InChI=1S/C18H11F3N6O/c19-18(20,21)12-5-2-1-4-11(12)13-10-15-22-9-6-14(27(15)26-13)25-17(28)16-23-7-3-8-24-16/h1-10H,(H,25,28). The van der Waals surface area contributed by atoms with E-state index in [1.54, 1.807) is 6.07 Å². The van der Waals surface area contributed by atoms with Crippen molar-refractivity contribution < 1.29 is 18.0 Å². The molecule has 0 bridgehead atoms. The van der Waals surface area contributed by atoms with Crippen molar-refractivity contribution in [1.82, 2.24) is 24.6 Å². The lowest BCUT2D eigenvalue weighted by atomic mass is 10.0. The monoisotopic (exact) mass is 384 g/mol. The molecular formula is C18H11F3N6O. The van der Waals surface area contributed by atoms with E-state index in [-0.39, 0.29) is 28.5 Å². The molecule has 3 aromatic heterocycles. The molecule has 0 aliphatic rings.